The van der Waals surface area contributed by atoms with Crippen molar-refractivity contribution in [2.24, 2.45) is 5.73 Å². The van der Waals surface area contributed by atoms with Crippen molar-refractivity contribution in [3.63, 3.8) is 0 Å². The second-order valence-electron chi connectivity index (χ2n) is 4.96. The molecule has 7 nitrogen and oxygen atoms in total. The highest BCUT2D eigenvalue weighted by molar-refractivity contribution is 7.92. The molecule has 2 aromatic carbocycles. The summed E-state index contributed by atoms with van der Waals surface area (Å²) in [5.41, 5.74) is 6.21. The molecule has 0 fully saturated rings. The van der Waals surface area contributed by atoms with Crippen molar-refractivity contribution in [3.8, 4) is 0 Å². The second kappa shape index (κ2) is 6.90. The Kier molecular flexibility index (Phi) is 5.10. The van der Waals surface area contributed by atoms with E-state index in [9.17, 15) is 18.0 Å². The Morgan fingerprint density at radius 2 is 1.62 bits per heavy atom. The van der Waals surface area contributed by atoms with Gasteiger partial charge < -0.3 is 11.1 Å². The average molecular weight is 368 g/mol. The minimum absolute atomic E-state index is 0.101. The van der Waals surface area contributed by atoms with Crippen molar-refractivity contribution >= 4 is 44.8 Å². The SMILES string of the molecule is CS(=O)(=O)Nc1ccc(Cl)c(C(=O)Nc2ccc(C(N)=O)cc2)c1. The number of carbonyl (C=O) groups is 2. The number of nitrogens with two attached hydrogens (primary N) is 1. The quantitative estimate of drug-likeness (QED) is 0.749. The van der Waals surface area contributed by atoms with Crippen LogP contribution in [0.3, 0.4) is 0 Å². The summed E-state index contributed by atoms with van der Waals surface area (Å²) in [6.07, 6.45) is 1.00. The van der Waals surface area contributed by atoms with E-state index >= 15 is 0 Å². The van der Waals surface area contributed by atoms with Crippen LogP contribution in [-0.4, -0.2) is 26.5 Å². The number of primary amides is 1. The molecule has 0 saturated carbocycles. The number of hydrogen-bond acceptors (Lipinski definition) is 4. The molecule has 0 aromatic heterocycles. The van der Waals surface area contributed by atoms with Gasteiger partial charge in [0.2, 0.25) is 15.9 Å². The number of amides is 2. The molecule has 2 rings (SSSR count). The summed E-state index contributed by atoms with van der Waals surface area (Å²) < 4.78 is 24.8. The molecule has 0 aliphatic rings. The molecule has 0 saturated heterocycles. The van der Waals surface area contributed by atoms with E-state index in [0.717, 1.165) is 6.26 Å². The third-order valence-corrected chi connectivity index (χ3v) is 3.88. The lowest BCUT2D eigenvalue weighted by atomic mass is 10.1. The van der Waals surface area contributed by atoms with E-state index in [-0.39, 0.29) is 16.3 Å². The van der Waals surface area contributed by atoms with Crippen molar-refractivity contribution in [3.05, 3.63) is 58.6 Å². The molecular formula is C15H14ClN3O4S. The first-order valence-corrected chi connectivity index (χ1v) is 8.91. The maximum absolute atomic E-state index is 12.3. The largest absolute Gasteiger partial charge is 0.366 e. The van der Waals surface area contributed by atoms with E-state index in [1.807, 2.05) is 0 Å². The van der Waals surface area contributed by atoms with Gasteiger partial charge in [-0.15, -0.1) is 0 Å². The molecule has 0 spiro atoms. The van der Waals surface area contributed by atoms with Gasteiger partial charge in [-0.05, 0) is 42.5 Å². The molecule has 24 heavy (non-hydrogen) atoms. The van der Waals surface area contributed by atoms with Crippen molar-refractivity contribution < 1.29 is 18.0 Å². The van der Waals surface area contributed by atoms with Crippen molar-refractivity contribution in [1.82, 2.24) is 0 Å². The lowest BCUT2D eigenvalue weighted by Crippen LogP contribution is -2.15. The normalized spacial score (nSPS) is 10.9. The topological polar surface area (TPSA) is 118 Å². The third-order valence-electron chi connectivity index (χ3n) is 2.94. The molecule has 0 heterocycles. The van der Waals surface area contributed by atoms with Gasteiger partial charge in [-0.1, -0.05) is 11.6 Å². The van der Waals surface area contributed by atoms with Gasteiger partial charge in [-0.3, -0.25) is 14.3 Å². The first kappa shape index (κ1) is 17.8. The van der Waals surface area contributed by atoms with Crippen LogP contribution in [0.1, 0.15) is 20.7 Å². The molecule has 0 aliphatic heterocycles. The zero-order valence-corrected chi connectivity index (χ0v) is 14.1. The molecular weight excluding hydrogens is 354 g/mol. The number of anilines is 2. The third kappa shape index (κ3) is 4.71. The maximum atomic E-state index is 12.3. The predicted octanol–water partition coefficient (Wildman–Crippen LogP) is 2.06. The number of nitrogens with one attached hydrogen (secondary N) is 2. The Morgan fingerprint density at radius 1 is 1.04 bits per heavy atom. The van der Waals surface area contributed by atoms with Gasteiger partial charge in [-0.25, -0.2) is 8.42 Å². The van der Waals surface area contributed by atoms with Crippen molar-refractivity contribution in [1.29, 1.82) is 0 Å². The van der Waals surface area contributed by atoms with E-state index in [2.05, 4.69) is 10.0 Å². The highest BCUT2D eigenvalue weighted by Crippen LogP contribution is 2.22. The summed E-state index contributed by atoms with van der Waals surface area (Å²) >= 11 is 6.00. The molecule has 0 bridgehead atoms. The zero-order chi connectivity index (χ0) is 17.9. The predicted molar refractivity (Wildman–Crippen MR) is 92.8 cm³/mol. The van der Waals surface area contributed by atoms with E-state index < -0.39 is 21.8 Å². The summed E-state index contributed by atoms with van der Waals surface area (Å²) in [5.74, 6) is -1.10. The van der Waals surface area contributed by atoms with Crippen LogP contribution in [0.2, 0.25) is 5.02 Å². The van der Waals surface area contributed by atoms with Crippen LogP contribution in [0, 0.1) is 0 Å². The van der Waals surface area contributed by atoms with Crippen LogP contribution >= 0.6 is 11.6 Å². The Hall–Kier alpha value is -2.58. The van der Waals surface area contributed by atoms with E-state index in [4.69, 9.17) is 17.3 Å². The van der Waals surface area contributed by atoms with Crippen LogP contribution < -0.4 is 15.8 Å². The summed E-state index contributed by atoms with van der Waals surface area (Å²) in [5, 5.41) is 2.77. The van der Waals surface area contributed by atoms with Gasteiger partial charge in [0.05, 0.1) is 16.8 Å². The minimum Gasteiger partial charge on any atom is -0.366 e. The lowest BCUT2D eigenvalue weighted by molar-refractivity contribution is 0.0998. The van der Waals surface area contributed by atoms with E-state index in [1.165, 1.54) is 42.5 Å². The molecule has 2 amide bonds. The van der Waals surface area contributed by atoms with Gasteiger partial charge in [0.1, 0.15) is 0 Å². The van der Waals surface area contributed by atoms with Gasteiger partial charge in [-0.2, -0.15) is 0 Å². The van der Waals surface area contributed by atoms with Crippen LogP contribution in [0.5, 0.6) is 0 Å². The highest BCUT2D eigenvalue weighted by Gasteiger charge is 2.13. The van der Waals surface area contributed by atoms with Crippen LogP contribution in [-0.2, 0) is 10.0 Å². The van der Waals surface area contributed by atoms with Crippen LogP contribution in [0.25, 0.3) is 0 Å². The summed E-state index contributed by atoms with van der Waals surface area (Å²) in [6.45, 7) is 0. The molecule has 0 radical (unpaired) electrons. The number of benzene rings is 2. The summed E-state index contributed by atoms with van der Waals surface area (Å²) in [4.78, 5) is 23.3. The number of hydrogen-bond donors (Lipinski definition) is 3. The fourth-order valence-electron chi connectivity index (χ4n) is 1.89. The van der Waals surface area contributed by atoms with Crippen LogP contribution in [0.4, 0.5) is 11.4 Å². The van der Waals surface area contributed by atoms with Gasteiger partial charge in [0, 0.05) is 16.9 Å². The summed E-state index contributed by atoms with van der Waals surface area (Å²) in [6, 6.07) is 10.2. The van der Waals surface area contributed by atoms with Gasteiger partial charge in [0.25, 0.3) is 5.91 Å². The minimum atomic E-state index is -3.47. The van der Waals surface area contributed by atoms with Crippen LogP contribution in [0.15, 0.2) is 42.5 Å². The fraction of sp³-hybridized carbons (Fsp3) is 0.0667. The Bertz CT molecular complexity index is 895. The molecule has 4 N–H and O–H groups in total. The molecule has 9 heteroatoms. The first-order valence-electron chi connectivity index (χ1n) is 6.64. The first-order chi connectivity index (χ1) is 11.2. The molecule has 0 atom stereocenters. The highest BCUT2D eigenvalue weighted by atomic mass is 35.5. The lowest BCUT2D eigenvalue weighted by Gasteiger charge is -2.10. The average Bonchev–Trinajstić information content (AvgIpc) is 2.48. The Balaban J connectivity index is 2.22. The maximum Gasteiger partial charge on any atom is 0.257 e. The number of halogens is 1. The number of carbonyl (C=O) groups excluding carboxylic acids is 2. The molecule has 0 aliphatic carbocycles. The Morgan fingerprint density at radius 3 is 2.17 bits per heavy atom. The number of sulfonamides is 1. The smallest absolute Gasteiger partial charge is 0.257 e. The number of rotatable bonds is 5. The Labute approximate surface area is 143 Å². The summed E-state index contributed by atoms with van der Waals surface area (Å²) in [7, 11) is -3.47. The second-order valence-corrected chi connectivity index (χ2v) is 7.12. The monoisotopic (exact) mass is 367 g/mol. The standard InChI is InChI=1S/C15H14ClN3O4S/c1-24(22,23)19-11-6-7-13(16)12(8-11)15(21)18-10-4-2-9(3-5-10)14(17)20/h2-8,19H,1H3,(H2,17,20)(H,18,21). The fourth-order valence-corrected chi connectivity index (χ4v) is 2.65. The zero-order valence-electron chi connectivity index (χ0n) is 12.5. The van der Waals surface area contributed by atoms with Gasteiger partial charge in [0.15, 0.2) is 0 Å². The van der Waals surface area contributed by atoms with Crippen molar-refractivity contribution in [2.45, 2.75) is 0 Å². The van der Waals surface area contributed by atoms with E-state index in [0.29, 0.717) is 11.3 Å². The van der Waals surface area contributed by atoms with Gasteiger partial charge >= 0.3 is 0 Å². The van der Waals surface area contributed by atoms with E-state index in [1.54, 1.807) is 0 Å². The van der Waals surface area contributed by atoms with Crippen molar-refractivity contribution in [2.75, 3.05) is 16.3 Å². The molecule has 0 unspecified atom stereocenters. The molecule has 126 valence electrons. The molecule has 2 aromatic rings.